The number of fused-ring (bicyclic) bond motifs is 3. The lowest BCUT2D eigenvalue weighted by atomic mass is 10.1. The Morgan fingerprint density at radius 3 is 2.59 bits per heavy atom. The number of pyridine rings is 1. The molecule has 3 aromatic heterocycles. The normalized spacial score (nSPS) is 11.4. The Morgan fingerprint density at radius 2 is 1.79 bits per heavy atom. The zero-order valence-corrected chi connectivity index (χ0v) is 23.3. The van der Waals surface area contributed by atoms with Gasteiger partial charge in [0.1, 0.15) is 11.4 Å². The van der Waals surface area contributed by atoms with Gasteiger partial charge in [0.05, 0.1) is 24.2 Å². The fraction of sp³-hybridized carbons (Fsp3) is 0.300. The molecule has 0 fully saturated rings. The van der Waals surface area contributed by atoms with Gasteiger partial charge in [-0.05, 0) is 55.7 Å². The molecular weight excluding hydrogens is 510 g/mol. The molecule has 202 valence electrons. The molecule has 0 saturated carbocycles. The average molecular weight is 544 g/mol. The summed E-state index contributed by atoms with van der Waals surface area (Å²) in [6, 6.07) is 17.9. The van der Waals surface area contributed by atoms with Gasteiger partial charge in [-0.15, -0.1) is 0 Å². The third-order valence-electron chi connectivity index (χ3n) is 6.50. The second-order valence-corrected chi connectivity index (χ2v) is 10.3. The van der Waals surface area contributed by atoms with Crippen molar-refractivity contribution >= 4 is 38.2 Å². The Kier molecular flexibility index (Phi) is 8.51. The van der Waals surface area contributed by atoms with Crippen LogP contribution in [0.25, 0.3) is 26.6 Å². The molecule has 8 nitrogen and oxygen atoms in total. The van der Waals surface area contributed by atoms with Gasteiger partial charge in [-0.1, -0.05) is 41.7 Å². The van der Waals surface area contributed by atoms with Crippen LogP contribution < -0.4 is 15.4 Å². The van der Waals surface area contributed by atoms with E-state index in [4.69, 9.17) is 14.5 Å². The molecule has 0 atom stereocenters. The molecule has 0 saturated heterocycles. The van der Waals surface area contributed by atoms with E-state index >= 15 is 0 Å². The minimum absolute atomic E-state index is 0.0336. The number of imidazole rings is 1. The van der Waals surface area contributed by atoms with Crippen molar-refractivity contribution in [3.05, 3.63) is 77.5 Å². The van der Waals surface area contributed by atoms with E-state index in [-0.39, 0.29) is 5.91 Å². The third-order valence-corrected chi connectivity index (χ3v) is 7.46. The first-order valence-corrected chi connectivity index (χ1v) is 14.0. The van der Waals surface area contributed by atoms with Crippen LogP contribution in [0.2, 0.25) is 0 Å². The maximum absolute atomic E-state index is 12.5. The molecule has 1 amide bonds. The maximum atomic E-state index is 12.5. The Hall–Kier alpha value is -3.79. The number of aryl methyl sites for hydroxylation is 2. The van der Waals surface area contributed by atoms with E-state index in [9.17, 15) is 4.79 Å². The van der Waals surface area contributed by atoms with Gasteiger partial charge in [0, 0.05) is 43.2 Å². The van der Waals surface area contributed by atoms with Crippen LogP contribution in [0, 0.1) is 13.8 Å². The predicted molar refractivity (Wildman–Crippen MR) is 157 cm³/mol. The highest BCUT2D eigenvalue weighted by Crippen LogP contribution is 2.30. The molecule has 2 aromatic carbocycles. The molecule has 0 spiro atoms. The zero-order valence-electron chi connectivity index (χ0n) is 22.5. The van der Waals surface area contributed by atoms with Crippen molar-refractivity contribution in [2.75, 3.05) is 38.2 Å². The number of nitrogens with zero attached hydrogens (tertiary/aromatic N) is 3. The number of carbonyl (C=O) groups excluding carboxylic acids is 1. The van der Waals surface area contributed by atoms with Gasteiger partial charge in [-0.3, -0.25) is 9.20 Å². The first kappa shape index (κ1) is 26.8. The van der Waals surface area contributed by atoms with E-state index in [1.165, 1.54) is 16.9 Å². The Morgan fingerprint density at radius 1 is 0.974 bits per heavy atom. The summed E-state index contributed by atoms with van der Waals surface area (Å²) < 4.78 is 13.2. The van der Waals surface area contributed by atoms with Crippen molar-refractivity contribution in [2.24, 2.45) is 0 Å². The van der Waals surface area contributed by atoms with Crippen LogP contribution in [0.5, 0.6) is 5.88 Å². The van der Waals surface area contributed by atoms with Crippen molar-refractivity contribution in [3.8, 4) is 17.1 Å². The fourth-order valence-electron chi connectivity index (χ4n) is 4.23. The van der Waals surface area contributed by atoms with Gasteiger partial charge in [-0.2, -0.15) is 0 Å². The number of ether oxygens (including phenoxy) is 2. The monoisotopic (exact) mass is 543 g/mol. The fourth-order valence-corrected chi connectivity index (χ4v) is 5.21. The molecule has 0 aliphatic heterocycles. The molecule has 0 radical (unpaired) electrons. The van der Waals surface area contributed by atoms with Crippen LogP contribution in [0.15, 0.2) is 60.8 Å². The summed E-state index contributed by atoms with van der Waals surface area (Å²) in [5, 5.41) is 6.27. The van der Waals surface area contributed by atoms with Gasteiger partial charge in [0.25, 0.3) is 0 Å². The van der Waals surface area contributed by atoms with E-state index < -0.39 is 0 Å². The molecule has 5 rings (SSSR count). The SMILES string of the molecule is CCOCCNCCOc1ccc2c(n1)sc1nc(-c3ccc(CC(=O)Nc4ccc(C)c(C)c4)cc3)cn12. The summed E-state index contributed by atoms with van der Waals surface area (Å²) in [7, 11) is 0. The number of benzene rings is 2. The molecule has 0 bridgehead atoms. The Labute approximate surface area is 232 Å². The number of aromatic nitrogens is 3. The van der Waals surface area contributed by atoms with E-state index in [0.717, 1.165) is 63.1 Å². The molecule has 5 aromatic rings. The van der Waals surface area contributed by atoms with Crippen molar-refractivity contribution in [1.29, 1.82) is 0 Å². The average Bonchev–Trinajstić information content (AvgIpc) is 3.48. The minimum atomic E-state index is -0.0336. The smallest absolute Gasteiger partial charge is 0.228 e. The number of amides is 1. The summed E-state index contributed by atoms with van der Waals surface area (Å²) in [6.07, 6.45) is 2.34. The van der Waals surface area contributed by atoms with Crippen molar-refractivity contribution in [1.82, 2.24) is 19.7 Å². The highest BCUT2D eigenvalue weighted by molar-refractivity contribution is 7.23. The third kappa shape index (κ3) is 6.62. The summed E-state index contributed by atoms with van der Waals surface area (Å²) in [4.78, 5) is 23.8. The molecule has 9 heteroatoms. The van der Waals surface area contributed by atoms with E-state index in [1.807, 2.05) is 74.6 Å². The van der Waals surface area contributed by atoms with Crippen molar-refractivity contribution in [3.63, 3.8) is 0 Å². The van der Waals surface area contributed by atoms with E-state index in [2.05, 4.69) is 26.9 Å². The Balaban J connectivity index is 1.19. The van der Waals surface area contributed by atoms with Crippen LogP contribution in [-0.2, 0) is 16.0 Å². The molecule has 0 unspecified atom stereocenters. The number of rotatable bonds is 12. The lowest BCUT2D eigenvalue weighted by Crippen LogP contribution is -2.25. The second kappa shape index (κ2) is 12.4. The Bertz CT molecular complexity index is 1580. The summed E-state index contributed by atoms with van der Waals surface area (Å²) >= 11 is 1.53. The van der Waals surface area contributed by atoms with Crippen LogP contribution >= 0.6 is 11.3 Å². The van der Waals surface area contributed by atoms with Crippen LogP contribution in [0.1, 0.15) is 23.6 Å². The van der Waals surface area contributed by atoms with Crippen molar-refractivity contribution < 1.29 is 14.3 Å². The lowest BCUT2D eigenvalue weighted by Gasteiger charge is -2.08. The number of anilines is 1. The van der Waals surface area contributed by atoms with Gasteiger partial charge in [0.2, 0.25) is 11.8 Å². The van der Waals surface area contributed by atoms with Gasteiger partial charge >= 0.3 is 0 Å². The first-order valence-electron chi connectivity index (χ1n) is 13.2. The summed E-state index contributed by atoms with van der Waals surface area (Å²) in [6.45, 7) is 9.61. The van der Waals surface area contributed by atoms with Crippen molar-refractivity contribution in [2.45, 2.75) is 27.2 Å². The molecule has 3 heterocycles. The van der Waals surface area contributed by atoms with Crippen LogP contribution in [-0.4, -0.2) is 53.2 Å². The minimum Gasteiger partial charge on any atom is -0.476 e. The molecular formula is C30H33N5O3S. The number of thiazole rings is 1. The summed E-state index contributed by atoms with van der Waals surface area (Å²) in [5.41, 5.74) is 7.02. The van der Waals surface area contributed by atoms with E-state index in [0.29, 0.717) is 25.5 Å². The quantitative estimate of drug-likeness (QED) is 0.205. The van der Waals surface area contributed by atoms with Crippen LogP contribution in [0.3, 0.4) is 0 Å². The standard InChI is InChI=1S/C30H33N5O3S/c1-4-37-15-13-31-14-16-38-28-12-11-26-29(34-28)39-30-33-25(19-35(26)30)23-8-6-22(7-9-23)18-27(36)32-24-10-5-20(2)21(3)17-24/h5-12,17,19,31H,4,13-16,18H2,1-3H3,(H,32,36). The largest absolute Gasteiger partial charge is 0.476 e. The number of hydrogen-bond donors (Lipinski definition) is 2. The predicted octanol–water partition coefficient (Wildman–Crippen LogP) is 5.41. The second-order valence-electron chi connectivity index (χ2n) is 9.37. The highest BCUT2D eigenvalue weighted by atomic mass is 32.1. The maximum Gasteiger partial charge on any atom is 0.228 e. The topological polar surface area (TPSA) is 89.8 Å². The molecule has 0 aliphatic carbocycles. The number of hydrogen-bond acceptors (Lipinski definition) is 7. The summed E-state index contributed by atoms with van der Waals surface area (Å²) in [5.74, 6) is 0.574. The highest BCUT2D eigenvalue weighted by Gasteiger charge is 2.13. The van der Waals surface area contributed by atoms with Gasteiger partial charge in [-0.25, -0.2) is 9.97 Å². The number of nitrogens with one attached hydrogen (secondary N) is 2. The van der Waals surface area contributed by atoms with Gasteiger partial charge in [0.15, 0.2) is 4.96 Å². The first-order chi connectivity index (χ1) is 19.0. The zero-order chi connectivity index (χ0) is 27.2. The molecule has 39 heavy (non-hydrogen) atoms. The van der Waals surface area contributed by atoms with Crippen LogP contribution in [0.4, 0.5) is 5.69 Å². The van der Waals surface area contributed by atoms with E-state index in [1.54, 1.807) is 0 Å². The van der Waals surface area contributed by atoms with Gasteiger partial charge < -0.3 is 20.1 Å². The lowest BCUT2D eigenvalue weighted by molar-refractivity contribution is -0.115. The molecule has 2 N–H and O–H groups in total. The molecule has 0 aliphatic rings. The number of carbonyl (C=O) groups is 1.